The first-order valence-electron chi connectivity index (χ1n) is 9.32. The number of amides is 1. The van der Waals surface area contributed by atoms with Gasteiger partial charge >= 0.3 is 0 Å². The summed E-state index contributed by atoms with van der Waals surface area (Å²) in [7, 11) is 0. The summed E-state index contributed by atoms with van der Waals surface area (Å²) >= 11 is 1.69. The highest BCUT2D eigenvalue weighted by Gasteiger charge is 2.26. The van der Waals surface area contributed by atoms with Crippen LogP contribution in [-0.2, 0) is 0 Å². The molecule has 4 aromatic rings. The van der Waals surface area contributed by atoms with E-state index < -0.39 is 0 Å². The number of benzene rings is 1. The first-order valence-corrected chi connectivity index (χ1v) is 10.1. The van der Waals surface area contributed by atoms with Crippen molar-refractivity contribution in [3.63, 3.8) is 0 Å². The Hall–Kier alpha value is -3.00. The van der Waals surface area contributed by atoms with Crippen molar-refractivity contribution in [1.29, 1.82) is 0 Å². The molecule has 3 aromatic heterocycles. The van der Waals surface area contributed by atoms with Crippen molar-refractivity contribution in [2.24, 2.45) is 0 Å². The second kappa shape index (κ2) is 6.56. The number of piperazine rings is 1. The zero-order valence-electron chi connectivity index (χ0n) is 15.8. The number of hydrogen-bond acceptors (Lipinski definition) is 6. The Bertz CT molecular complexity index is 1170. The minimum atomic E-state index is 0.0825. The van der Waals surface area contributed by atoms with Crippen LogP contribution in [0.3, 0.4) is 0 Å². The van der Waals surface area contributed by atoms with E-state index in [-0.39, 0.29) is 5.91 Å². The van der Waals surface area contributed by atoms with Gasteiger partial charge < -0.3 is 9.80 Å². The number of carbonyl (C=O) groups excluding carboxylic acids is 1. The van der Waals surface area contributed by atoms with Crippen molar-refractivity contribution in [2.45, 2.75) is 13.8 Å². The summed E-state index contributed by atoms with van der Waals surface area (Å²) in [6, 6.07) is 9.45. The molecule has 142 valence electrons. The number of nitrogens with zero attached hydrogens (tertiary/aromatic N) is 6. The Balaban J connectivity index is 1.44. The van der Waals surface area contributed by atoms with E-state index in [0.717, 1.165) is 40.5 Å². The molecule has 1 aromatic carbocycles. The third kappa shape index (κ3) is 2.63. The minimum absolute atomic E-state index is 0.0825. The first kappa shape index (κ1) is 17.1. The Morgan fingerprint density at radius 2 is 1.82 bits per heavy atom. The number of fused-ring (bicyclic) bond motifs is 3. The molecule has 0 aliphatic carbocycles. The molecule has 0 atom stereocenters. The van der Waals surface area contributed by atoms with Gasteiger partial charge in [-0.15, -0.1) is 11.3 Å². The van der Waals surface area contributed by atoms with Crippen LogP contribution in [0.5, 0.6) is 0 Å². The summed E-state index contributed by atoms with van der Waals surface area (Å²) in [5.74, 6) is 0.882. The highest BCUT2D eigenvalue weighted by Crippen LogP contribution is 2.33. The number of aromatic nitrogens is 4. The lowest BCUT2D eigenvalue weighted by molar-refractivity contribution is 0.0746. The number of anilines is 1. The summed E-state index contributed by atoms with van der Waals surface area (Å²) in [6.07, 6.45) is 1.58. The van der Waals surface area contributed by atoms with Gasteiger partial charge in [0, 0.05) is 36.6 Å². The van der Waals surface area contributed by atoms with Gasteiger partial charge in [-0.3, -0.25) is 4.79 Å². The molecule has 0 radical (unpaired) electrons. The van der Waals surface area contributed by atoms with E-state index in [0.29, 0.717) is 13.1 Å². The quantitative estimate of drug-likeness (QED) is 0.525. The van der Waals surface area contributed by atoms with E-state index in [1.807, 2.05) is 39.7 Å². The SMILES string of the molecule is Cc1sc2nc(N3CCN(C(=O)c4ccccc4)CC3)n3ncnc3c2c1C. The molecule has 0 saturated carbocycles. The molecule has 1 aliphatic rings. The molecule has 0 spiro atoms. The molecule has 1 amide bonds. The predicted molar refractivity (Wildman–Crippen MR) is 110 cm³/mol. The lowest BCUT2D eigenvalue weighted by atomic mass is 10.2. The molecular weight excluding hydrogens is 372 g/mol. The largest absolute Gasteiger partial charge is 0.337 e. The van der Waals surface area contributed by atoms with Gasteiger partial charge in [0.25, 0.3) is 5.91 Å². The van der Waals surface area contributed by atoms with Crippen LogP contribution in [0.1, 0.15) is 20.8 Å². The fourth-order valence-electron chi connectivity index (χ4n) is 3.73. The Morgan fingerprint density at radius 3 is 2.57 bits per heavy atom. The van der Waals surface area contributed by atoms with Gasteiger partial charge in [-0.1, -0.05) is 18.2 Å². The highest BCUT2D eigenvalue weighted by atomic mass is 32.1. The van der Waals surface area contributed by atoms with Crippen LogP contribution < -0.4 is 4.90 Å². The van der Waals surface area contributed by atoms with Crippen LogP contribution in [0.25, 0.3) is 15.9 Å². The standard InChI is InChI=1S/C20H20N6OS/c1-13-14(2)28-18-16(13)17-21-12-22-26(17)20(23-18)25-10-8-24(9-11-25)19(27)15-6-4-3-5-7-15/h3-7,12H,8-11H2,1-2H3. The van der Waals surface area contributed by atoms with E-state index in [2.05, 4.69) is 28.8 Å². The van der Waals surface area contributed by atoms with Crippen LogP contribution in [0.15, 0.2) is 36.7 Å². The summed E-state index contributed by atoms with van der Waals surface area (Å²) in [5, 5.41) is 5.51. The maximum Gasteiger partial charge on any atom is 0.253 e. The lowest BCUT2D eigenvalue weighted by Crippen LogP contribution is -2.49. The Kier molecular flexibility index (Phi) is 4.01. The monoisotopic (exact) mass is 392 g/mol. The molecule has 0 N–H and O–H groups in total. The fourth-order valence-corrected chi connectivity index (χ4v) is 4.74. The molecule has 8 heteroatoms. The number of carbonyl (C=O) groups is 1. The van der Waals surface area contributed by atoms with Crippen LogP contribution in [0, 0.1) is 13.8 Å². The summed E-state index contributed by atoms with van der Waals surface area (Å²) in [6.45, 7) is 6.98. The molecule has 0 unspecified atom stereocenters. The van der Waals surface area contributed by atoms with Gasteiger partial charge in [0.1, 0.15) is 11.2 Å². The van der Waals surface area contributed by atoms with Gasteiger partial charge in [-0.05, 0) is 31.5 Å². The van der Waals surface area contributed by atoms with Gasteiger partial charge in [-0.25, -0.2) is 9.97 Å². The van der Waals surface area contributed by atoms with Gasteiger partial charge in [0.05, 0.1) is 5.39 Å². The molecule has 0 bridgehead atoms. The summed E-state index contributed by atoms with van der Waals surface area (Å²) < 4.78 is 1.83. The van der Waals surface area contributed by atoms with E-state index >= 15 is 0 Å². The first-order chi connectivity index (χ1) is 13.6. The Labute approximate surface area is 166 Å². The summed E-state index contributed by atoms with van der Waals surface area (Å²) in [4.78, 5) is 28.4. The van der Waals surface area contributed by atoms with Crippen molar-refractivity contribution in [2.75, 3.05) is 31.1 Å². The van der Waals surface area contributed by atoms with Crippen molar-refractivity contribution >= 4 is 39.1 Å². The number of rotatable bonds is 2. The smallest absolute Gasteiger partial charge is 0.253 e. The van der Waals surface area contributed by atoms with Crippen molar-refractivity contribution in [1.82, 2.24) is 24.5 Å². The molecule has 4 heterocycles. The topological polar surface area (TPSA) is 66.6 Å². The van der Waals surface area contributed by atoms with Crippen LogP contribution in [0.2, 0.25) is 0 Å². The Morgan fingerprint density at radius 1 is 1.07 bits per heavy atom. The van der Waals surface area contributed by atoms with Crippen LogP contribution in [0.4, 0.5) is 5.95 Å². The normalized spacial score (nSPS) is 14.9. The number of thiophene rings is 1. The maximum absolute atomic E-state index is 12.7. The average Bonchev–Trinajstić information content (AvgIpc) is 3.32. The summed E-state index contributed by atoms with van der Waals surface area (Å²) in [5.41, 5.74) is 2.80. The number of hydrogen-bond donors (Lipinski definition) is 0. The second-order valence-corrected chi connectivity index (χ2v) is 8.22. The third-order valence-electron chi connectivity index (χ3n) is 5.40. The fraction of sp³-hybridized carbons (Fsp3) is 0.300. The van der Waals surface area contributed by atoms with Crippen molar-refractivity contribution < 1.29 is 4.79 Å². The van der Waals surface area contributed by atoms with Crippen LogP contribution >= 0.6 is 11.3 Å². The molecule has 1 fully saturated rings. The second-order valence-electron chi connectivity index (χ2n) is 7.02. The molecule has 7 nitrogen and oxygen atoms in total. The molecular formula is C20H20N6OS. The molecule has 1 saturated heterocycles. The zero-order valence-corrected chi connectivity index (χ0v) is 16.6. The molecule has 5 rings (SSSR count). The minimum Gasteiger partial charge on any atom is -0.337 e. The predicted octanol–water partition coefficient (Wildman–Crippen LogP) is 2.92. The van der Waals surface area contributed by atoms with E-state index in [4.69, 9.17) is 4.98 Å². The zero-order chi connectivity index (χ0) is 19.3. The van der Waals surface area contributed by atoms with Gasteiger partial charge in [-0.2, -0.15) is 9.61 Å². The van der Waals surface area contributed by atoms with E-state index in [1.54, 1.807) is 17.7 Å². The van der Waals surface area contributed by atoms with Crippen LogP contribution in [-0.4, -0.2) is 56.6 Å². The molecule has 1 aliphatic heterocycles. The maximum atomic E-state index is 12.7. The van der Waals surface area contributed by atoms with E-state index in [1.165, 1.54) is 10.4 Å². The third-order valence-corrected chi connectivity index (χ3v) is 6.50. The van der Waals surface area contributed by atoms with Gasteiger partial charge in [0.15, 0.2) is 5.65 Å². The lowest BCUT2D eigenvalue weighted by Gasteiger charge is -2.35. The van der Waals surface area contributed by atoms with Crippen molar-refractivity contribution in [3.05, 3.63) is 52.7 Å². The average molecular weight is 392 g/mol. The van der Waals surface area contributed by atoms with Gasteiger partial charge in [0.2, 0.25) is 5.95 Å². The highest BCUT2D eigenvalue weighted by molar-refractivity contribution is 7.18. The van der Waals surface area contributed by atoms with E-state index in [9.17, 15) is 4.79 Å². The molecule has 28 heavy (non-hydrogen) atoms. The number of aryl methyl sites for hydroxylation is 2. The van der Waals surface area contributed by atoms with Crippen molar-refractivity contribution in [3.8, 4) is 0 Å².